The van der Waals surface area contributed by atoms with Crippen molar-refractivity contribution in [2.45, 2.75) is 13.8 Å². The van der Waals surface area contributed by atoms with Crippen LogP contribution in [-0.2, 0) is 0 Å². The number of phenolic OH excluding ortho intramolecular Hbond substituents is 1. The predicted molar refractivity (Wildman–Crippen MR) is 102 cm³/mol. The van der Waals surface area contributed by atoms with Crippen LogP contribution >= 0.6 is 0 Å². The Kier molecular flexibility index (Phi) is 5.31. The minimum Gasteiger partial charge on any atom is -0.507 e. The summed E-state index contributed by atoms with van der Waals surface area (Å²) in [6, 6.07) is 12.7. The highest BCUT2D eigenvalue weighted by molar-refractivity contribution is 5.89. The molecule has 0 aliphatic rings. The Bertz CT molecular complexity index is 987. The summed E-state index contributed by atoms with van der Waals surface area (Å²) < 4.78 is 18.6. The highest BCUT2D eigenvalue weighted by Crippen LogP contribution is 2.24. The number of carbonyl (C=O) groups is 1. The fourth-order valence-electron chi connectivity index (χ4n) is 2.58. The summed E-state index contributed by atoms with van der Waals surface area (Å²) in [5.74, 6) is -1.16. The number of esters is 1. The van der Waals surface area contributed by atoms with Crippen LogP contribution in [0.1, 0.15) is 32.7 Å². The zero-order chi connectivity index (χ0) is 19.4. The molecule has 1 heterocycles. The average Bonchev–Trinajstić information content (AvgIpc) is 2.66. The Balaban J connectivity index is 1.72. The van der Waals surface area contributed by atoms with E-state index in [9.17, 15) is 14.3 Å². The van der Waals surface area contributed by atoms with Crippen molar-refractivity contribution in [3.05, 3.63) is 88.5 Å². The van der Waals surface area contributed by atoms with E-state index in [4.69, 9.17) is 4.74 Å². The Morgan fingerprint density at radius 2 is 1.70 bits per heavy atom. The molecule has 0 bridgehead atoms. The van der Waals surface area contributed by atoms with Crippen molar-refractivity contribution in [2.75, 3.05) is 0 Å². The quantitative estimate of drug-likeness (QED) is 0.527. The smallest absolute Gasteiger partial charge is 0.362 e. The van der Waals surface area contributed by atoms with Gasteiger partial charge in [0.25, 0.3) is 0 Å². The van der Waals surface area contributed by atoms with Crippen LogP contribution in [0, 0.1) is 19.7 Å². The average molecular weight is 363 g/mol. The number of benzene rings is 2. The summed E-state index contributed by atoms with van der Waals surface area (Å²) in [6.07, 6.45) is 5.28. The first-order valence-corrected chi connectivity index (χ1v) is 8.35. The molecule has 0 fully saturated rings. The van der Waals surface area contributed by atoms with Crippen molar-refractivity contribution in [1.82, 2.24) is 4.98 Å². The first-order chi connectivity index (χ1) is 12.9. The maximum absolute atomic E-state index is 13.6. The molecule has 1 aromatic heterocycles. The number of hydrogen-bond donors (Lipinski definition) is 1. The highest BCUT2D eigenvalue weighted by Gasteiger charge is 2.12. The number of pyridine rings is 1. The Hall–Kier alpha value is -3.47. The normalized spacial score (nSPS) is 10.9. The molecule has 27 heavy (non-hydrogen) atoms. The SMILES string of the molecule is Cc1cc(/C=C/c2ccc(C(=O)Oc3ccccc3F)nc2)cc(C)c1O. The minimum atomic E-state index is -0.722. The van der Waals surface area contributed by atoms with Crippen molar-refractivity contribution in [2.24, 2.45) is 0 Å². The van der Waals surface area contributed by atoms with Crippen molar-refractivity contribution in [1.29, 1.82) is 0 Å². The van der Waals surface area contributed by atoms with Crippen LogP contribution in [0.15, 0.2) is 54.7 Å². The molecule has 5 heteroatoms. The number of halogens is 1. The molecule has 0 radical (unpaired) electrons. The van der Waals surface area contributed by atoms with E-state index in [0.29, 0.717) is 5.75 Å². The van der Waals surface area contributed by atoms with Crippen molar-refractivity contribution >= 4 is 18.1 Å². The molecule has 3 rings (SSSR count). The number of para-hydroxylation sites is 1. The summed E-state index contributed by atoms with van der Waals surface area (Å²) in [4.78, 5) is 16.1. The fourth-order valence-corrected chi connectivity index (χ4v) is 2.58. The first-order valence-electron chi connectivity index (χ1n) is 8.35. The summed E-state index contributed by atoms with van der Waals surface area (Å²) in [5, 5.41) is 9.82. The molecule has 3 aromatic rings. The number of ether oxygens (including phenoxy) is 1. The third-order valence-electron chi connectivity index (χ3n) is 4.02. The van der Waals surface area contributed by atoms with Gasteiger partial charge in [-0.3, -0.25) is 0 Å². The number of phenols is 1. The number of aromatic hydroxyl groups is 1. The van der Waals surface area contributed by atoms with Crippen molar-refractivity contribution in [3.8, 4) is 11.5 Å². The molecule has 0 spiro atoms. The van der Waals surface area contributed by atoms with Gasteiger partial charge in [0.15, 0.2) is 11.6 Å². The lowest BCUT2D eigenvalue weighted by Gasteiger charge is -2.05. The van der Waals surface area contributed by atoms with E-state index < -0.39 is 11.8 Å². The lowest BCUT2D eigenvalue weighted by atomic mass is 10.0. The maximum atomic E-state index is 13.6. The van der Waals surface area contributed by atoms with Crippen LogP contribution in [-0.4, -0.2) is 16.1 Å². The monoisotopic (exact) mass is 363 g/mol. The van der Waals surface area contributed by atoms with E-state index in [-0.39, 0.29) is 11.4 Å². The van der Waals surface area contributed by atoms with Gasteiger partial charge in [-0.1, -0.05) is 30.4 Å². The maximum Gasteiger partial charge on any atom is 0.362 e. The first kappa shape index (κ1) is 18.3. The van der Waals surface area contributed by atoms with Gasteiger partial charge in [0.2, 0.25) is 0 Å². The van der Waals surface area contributed by atoms with E-state index in [1.165, 1.54) is 30.5 Å². The Morgan fingerprint density at radius 1 is 1.04 bits per heavy atom. The molecule has 0 unspecified atom stereocenters. The van der Waals surface area contributed by atoms with Crippen LogP contribution < -0.4 is 4.74 Å². The molecule has 0 aliphatic heterocycles. The van der Waals surface area contributed by atoms with Gasteiger partial charge in [0, 0.05) is 6.20 Å². The second-order valence-corrected chi connectivity index (χ2v) is 6.13. The van der Waals surface area contributed by atoms with Gasteiger partial charge in [0.05, 0.1) is 0 Å². The summed E-state index contributed by atoms with van der Waals surface area (Å²) in [5.41, 5.74) is 3.44. The van der Waals surface area contributed by atoms with E-state index in [1.807, 2.05) is 38.1 Å². The molecule has 0 amide bonds. The summed E-state index contributed by atoms with van der Waals surface area (Å²) in [6.45, 7) is 3.69. The predicted octanol–water partition coefficient (Wildman–Crippen LogP) is 4.93. The molecular weight excluding hydrogens is 345 g/mol. The van der Waals surface area contributed by atoms with Crippen LogP contribution in [0.2, 0.25) is 0 Å². The molecular formula is C22H18FNO3. The van der Waals surface area contributed by atoms with Gasteiger partial charge >= 0.3 is 5.97 Å². The lowest BCUT2D eigenvalue weighted by Crippen LogP contribution is -2.11. The van der Waals surface area contributed by atoms with Crippen LogP contribution in [0.25, 0.3) is 12.2 Å². The highest BCUT2D eigenvalue weighted by atomic mass is 19.1. The summed E-state index contributed by atoms with van der Waals surface area (Å²) in [7, 11) is 0. The van der Waals surface area contributed by atoms with E-state index >= 15 is 0 Å². The lowest BCUT2D eigenvalue weighted by molar-refractivity contribution is 0.0721. The second kappa shape index (κ2) is 7.83. The third-order valence-corrected chi connectivity index (χ3v) is 4.02. The molecule has 0 saturated heterocycles. The Morgan fingerprint density at radius 3 is 2.33 bits per heavy atom. The van der Waals surface area contributed by atoms with Gasteiger partial charge in [-0.25, -0.2) is 14.2 Å². The van der Waals surface area contributed by atoms with E-state index in [2.05, 4.69) is 4.98 Å². The third kappa shape index (κ3) is 4.39. The molecule has 0 saturated carbocycles. The minimum absolute atomic E-state index is 0.0896. The van der Waals surface area contributed by atoms with Crippen LogP contribution in [0.3, 0.4) is 0 Å². The number of hydrogen-bond acceptors (Lipinski definition) is 4. The molecule has 1 N–H and O–H groups in total. The number of nitrogens with zero attached hydrogens (tertiary/aromatic N) is 1. The molecule has 4 nitrogen and oxygen atoms in total. The zero-order valence-electron chi connectivity index (χ0n) is 14.9. The second-order valence-electron chi connectivity index (χ2n) is 6.13. The molecule has 136 valence electrons. The van der Waals surface area contributed by atoms with E-state index in [1.54, 1.807) is 12.1 Å². The number of carbonyl (C=O) groups excluding carboxylic acids is 1. The molecule has 0 atom stereocenters. The number of aromatic nitrogens is 1. The zero-order valence-corrected chi connectivity index (χ0v) is 14.9. The van der Waals surface area contributed by atoms with Gasteiger partial charge in [-0.15, -0.1) is 0 Å². The van der Waals surface area contributed by atoms with Gasteiger partial charge in [0.1, 0.15) is 11.4 Å². The van der Waals surface area contributed by atoms with Crippen molar-refractivity contribution in [3.63, 3.8) is 0 Å². The van der Waals surface area contributed by atoms with Gasteiger partial charge in [-0.2, -0.15) is 0 Å². The standard InChI is InChI=1S/C22H18FNO3/c1-14-11-17(12-15(2)21(14)25)8-7-16-9-10-19(24-13-16)22(26)27-20-6-4-3-5-18(20)23/h3-13,25H,1-2H3/b8-7+. The number of aryl methyl sites for hydroxylation is 2. The molecule has 2 aromatic carbocycles. The fraction of sp³-hybridized carbons (Fsp3) is 0.0909. The van der Waals surface area contributed by atoms with E-state index in [0.717, 1.165) is 22.3 Å². The van der Waals surface area contributed by atoms with Gasteiger partial charge in [-0.05, 0) is 66.4 Å². The Labute approximate surface area is 156 Å². The topological polar surface area (TPSA) is 59.4 Å². The van der Waals surface area contributed by atoms with Crippen LogP contribution in [0.5, 0.6) is 11.5 Å². The molecule has 0 aliphatic carbocycles. The largest absolute Gasteiger partial charge is 0.507 e. The van der Waals surface area contributed by atoms with Crippen molar-refractivity contribution < 1.29 is 19.0 Å². The van der Waals surface area contributed by atoms with Gasteiger partial charge < -0.3 is 9.84 Å². The summed E-state index contributed by atoms with van der Waals surface area (Å²) >= 11 is 0. The van der Waals surface area contributed by atoms with Crippen LogP contribution in [0.4, 0.5) is 4.39 Å². The number of rotatable bonds is 4.